The third-order valence-corrected chi connectivity index (χ3v) is 6.43. The monoisotopic (exact) mass is 464 g/mol. The van der Waals surface area contributed by atoms with Gasteiger partial charge in [-0.15, -0.1) is 0 Å². The molecule has 0 radical (unpaired) electrons. The Bertz CT molecular complexity index is 1240. The fraction of sp³-hybridized carbons (Fsp3) is 0.143. The molecule has 3 aromatic rings. The van der Waals surface area contributed by atoms with Crippen LogP contribution in [0.1, 0.15) is 27.2 Å². The van der Waals surface area contributed by atoms with Gasteiger partial charge in [0.25, 0.3) is 10.0 Å². The quantitative estimate of drug-likeness (QED) is 0.516. The highest BCUT2D eigenvalue weighted by atomic mass is 35.5. The Kier molecular flexibility index (Phi) is 6.36. The first-order valence-corrected chi connectivity index (χ1v) is 11.0. The van der Waals surface area contributed by atoms with Crippen molar-refractivity contribution in [3.63, 3.8) is 0 Å². The van der Waals surface area contributed by atoms with E-state index in [2.05, 4.69) is 9.71 Å². The van der Waals surface area contributed by atoms with E-state index in [-0.39, 0.29) is 26.9 Å². The van der Waals surface area contributed by atoms with Crippen LogP contribution in [0.3, 0.4) is 0 Å². The number of hydrogen-bond acceptors (Lipinski definition) is 5. The van der Waals surface area contributed by atoms with Crippen molar-refractivity contribution in [2.24, 2.45) is 0 Å². The predicted molar refractivity (Wildman–Crippen MR) is 117 cm³/mol. The van der Waals surface area contributed by atoms with Crippen molar-refractivity contribution in [3.8, 4) is 5.75 Å². The number of methoxy groups -OCH3 is 1. The zero-order valence-electron chi connectivity index (χ0n) is 16.4. The minimum absolute atomic E-state index is 0.00348. The van der Waals surface area contributed by atoms with Gasteiger partial charge in [0.15, 0.2) is 0 Å². The number of rotatable bonds is 6. The van der Waals surface area contributed by atoms with Crippen molar-refractivity contribution >= 4 is 44.7 Å². The molecule has 1 heterocycles. The molecule has 2 aromatic carbocycles. The van der Waals surface area contributed by atoms with Gasteiger partial charge in [-0.3, -0.25) is 9.52 Å². The van der Waals surface area contributed by atoms with Crippen LogP contribution < -0.4 is 9.46 Å². The second-order valence-corrected chi connectivity index (χ2v) is 9.07. The van der Waals surface area contributed by atoms with E-state index in [4.69, 9.17) is 27.9 Å². The van der Waals surface area contributed by atoms with Crippen LogP contribution in [0.5, 0.6) is 5.75 Å². The molecule has 9 heteroatoms. The average Bonchev–Trinajstić information content (AvgIpc) is 2.69. The zero-order valence-corrected chi connectivity index (χ0v) is 18.7. The first-order chi connectivity index (χ1) is 14.1. The smallest absolute Gasteiger partial charge is 0.261 e. The van der Waals surface area contributed by atoms with Crippen molar-refractivity contribution in [2.45, 2.75) is 18.7 Å². The van der Waals surface area contributed by atoms with Crippen LogP contribution in [0.15, 0.2) is 53.6 Å². The number of ketones is 1. The molecule has 0 aliphatic carbocycles. The van der Waals surface area contributed by atoms with E-state index in [0.29, 0.717) is 21.9 Å². The van der Waals surface area contributed by atoms with Crippen LogP contribution in [0.25, 0.3) is 0 Å². The Morgan fingerprint density at radius 2 is 1.80 bits per heavy atom. The fourth-order valence-corrected chi connectivity index (χ4v) is 4.32. The second kappa shape index (κ2) is 8.63. The highest BCUT2D eigenvalue weighted by Crippen LogP contribution is 2.30. The maximum Gasteiger partial charge on any atom is 0.261 e. The van der Waals surface area contributed by atoms with Crippen LogP contribution in [-0.2, 0) is 10.0 Å². The second-order valence-electron chi connectivity index (χ2n) is 6.55. The van der Waals surface area contributed by atoms with E-state index in [1.165, 1.54) is 37.6 Å². The molecule has 1 N–H and O–H groups in total. The molecule has 6 nitrogen and oxygen atoms in total. The maximum atomic E-state index is 13.3. The summed E-state index contributed by atoms with van der Waals surface area (Å²) in [5.74, 6) is -0.134. The molecule has 0 fully saturated rings. The molecule has 0 unspecified atom stereocenters. The normalized spacial score (nSPS) is 11.2. The van der Waals surface area contributed by atoms with Gasteiger partial charge in [0.05, 0.1) is 28.3 Å². The fourth-order valence-electron chi connectivity index (χ4n) is 2.91. The van der Waals surface area contributed by atoms with Crippen LogP contribution in [-0.4, -0.2) is 26.3 Å². The summed E-state index contributed by atoms with van der Waals surface area (Å²) in [4.78, 5) is 17.4. The number of aryl methyl sites for hydroxylation is 2. The van der Waals surface area contributed by atoms with E-state index >= 15 is 0 Å². The summed E-state index contributed by atoms with van der Waals surface area (Å²) in [5, 5.41) is 0.620. The summed E-state index contributed by atoms with van der Waals surface area (Å²) in [6.45, 7) is 3.45. The highest BCUT2D eigenvalue weighted by Gasteiger charge is 2.24. The maximum absolute atomic E-state index is 13.3. The molecule has 0 saturated carbocycles. The number of benzene rings is 2. The van der Waals surface area contributed by atoms with E-state index in [9.17, 15) is 13.2 Å². The van der Waals surface area contributed by atoms with Gasteiger partial charge in [-0.25, -0.2) is 13.4 Å². The minimum Gasteiger partial charge on any atom is -0.496 e. The lowest BCUT2D eigenvalue weighted by Gasteiger charge is -2.15. The number of hydrogen-bond donors (Lipinski definition) is 1. The molecule has 0 bridgehead atoms. The number of halogens is 2. The van der Waals surface area contributed by atoms with Gasteiger partial charge in [-0.05, 0) is 55.3 Å². The zero-order chi connectivity index (χ0) is 22.1. The molecular weight excluding hydrogens is 447 g/mol. The Balaban J connectivity index is 2.09. The third-order valence-electron chi connectivity index (χ3n) is 4.43. The molecule has 0 aliphatic rings. The number of sulfonamides is 1. The number of ether oxygens (including phenoxy) is 1. The molecule has 0 atom stereocenters. The highest BCUT2D eigenvalue weighted by molar-refractivity contribution is 7.92. The van der Waals surface area contributed by atoms with E-state index in [1.807, 2.05) is 0 Å². The average molecular weight is 465 g/mol. The Hall–Kier alpha value is -2.61. The van der Waals surface area contributed by atoms with Crippen LogP contribution in [0.2, 0.25) is 10.0 Å². The predicted octanol–water partition coefficient (Wildman–Crippen LogP) is 5.05. The van der Waals surface area contributed by atoms with Gasteiger partial charge >= 0.3 is 0 Å². The summed E-state index contributed by atoms with van der Waals surface area (Å²) in [5.41, 5.74) is 1.42. The molecule has 156 valence electrons. The first kappa shape index (κ1) is 22.1. The summed E-state index contributed by atoms with van der Waals surface area (Å²) in [6.07, 6.45) is 1.28. The van der Waals surface area contributed by atoms with Crippen molar-refractivity contribution in [2.75, 3.05) is 11.8 Å². The number of nitrogens with one attached hydrogen (secondary N) is 1. The summed E-state index contributed by atoms with van der Waals surface area (Å²) in [6, 6.07) is 10.8. The summed E-state index contributed by atoms with van der Waals surface area (Å²) < 4.78 is 33.6. The lowest BCUT2D eigenvalue weighted by Crippen LogP contribution is -2.18. The van der Waals surface area contributed by atoms with E-state index in [0.717, 1.165) is 0 Å². The number of aromatic nitrogens is 1. The molecule has 1 aromatic heterocycles. The van der Waals surface area contributed by atoms with Crippen molar-refractivity contribution in [3.05, 3.63) is 81.1 Å². The molecular formula is C21H18Cl2N2O4S. The lowest BCUT2D eigenvalue weighted by molar-refractivity contribution is 0.103. The largest absolute Gasteiger partial charge is 0.496 e. The van der Waals surface area contributed by atoms with Crippen LogP contribution >= 0.6 is 23.2 Å². The summed E-state index contributed by atoms with van der Waals surface area (Å²) in [7, 11) is -2.57. The van der Waals surface area contributed by atoms with Gasteiger partial charge in [-0.2, -0.15) is 0 Å². The standard InChI is InChI=1S/C21H18Cl2N2O4S/c1-12-5-4-6-18(29-3)19(12)21(26)20-17(10-14(22)11-24-20)25-30(27,28)15-7-8-16(23)13(2)9-15/h4-11,25H,1-3H3. The van der Waals surface area contributed by atoms with Crippen molar-refractivity contribution in [1.29, 1.82) is 0 Å². The SMILES string of the molecule is COc1cccc(C)c1C(=O)c1ncc(Cl)cc1NS(=O)(=O)c1ccc(Cl)c(C)c1. The molecule has 0 amide bonds. The molecule has 30 heavy (non-hydrogen) atoms. The number of carbonyl (C=O) groups excluding carboxylic acids is 1. The van der Waals surface area contributed by atoms with Crippen molar-refractivity contribution < 1.29 is 17.9 Å². The van der Waals surface area contributed by atoms with Gasteiger partial charge in [0.1, 0.15) is 11.4 Å². The number of anilines is 1. The van der Waals surface area contributed by atoms with Gasteiger partial charge in [-0.1, -0.05) is 35.3 Å². The molecule has 0 spiro atoms. The Morgan fingerprint density at radius 3 is 2.47 bits per heavy atom. The van der Waals surface area contributed by atoms with Gasteiger partial charge in [0.2, 0.25) is 5.78 Å². The number of nitrogens with zero attached hydrogens (tertiary/aromatic N) is 1. The van der Waals surface area contributed by atoms with E-state index < -0.39 is 15.8 Å². The Labute approximate surface area is 184 Å². The van der Waals surface area contributed by atoms with Crippen LogP contribution in [0.4, 0.5) is 5.69 Å². The molecule has 0 aliphatic heterocycles. The molecule has 0 saturated heterocycles. The summed E-state index contributed by atoms with van der Waals surface area (Å²) >= 11 is 12.0. The number of carbonyl (C=O) groups is 1. The topological polar surface area (TPSA) is 85.4 Å². The van der Waals surface area contributed by atoms with Crippen LogP contribution in [0, 0.1) is 13.8 Å². The van der Waals surface area contributed by atoms with Gasteiger partial charge in [0, 0.05) is 11.2 Å². The number of pyridine rings is 1. The van der Waals surface area contributed by atoms with Crippen molar-refractivity contribution in [1.82, 2.24) is 4.98 Å². The van der Waals surface area contributed by atoms with E-state index in [1.54, 1.807) is 32.0 Å². The third kappa shape index (κ3) is 4.43. The first-order valence-electron chi connectivity index (χ1n) is 8.77. The van der Waals surface area contributed by atoms with Gasteiger partial charge < -0.3 is 4.74 Å². The minimum atomic E-state index is -4.02. The Morgan fingerprint density at radius 1 is 1.07 bits per heavy atom. The molecule has 3 rings (SSSR count). The lowest BCUT2D eigenvalue weighted by atomic mass is 10.0.